The van der Waals surface area contributed by atoms with Gasteiger partial charge < -0.3 is 15.0 Å². The van der Waals surface area contributed by atoms with Gasteiger partial charge in [0, 0.05) is 18.7 Å². The zero-order valence-corrected chi connectivity index (χ0v) is 17.9. The predicted molar refractivity (Wildman–Crippen MR) is 120 cm³/mol. The number of benzene rings is 3. The SMILES string of the molecule is O=C1COc2ccc(C(=O)N3CC(=C(c4ccccc4)c4ccc(C(F)(F)F)cc4)C3)cc2N1. The van der Waals surface area contributed by atoms with E-state index in [2.05, 4.69) is 5.32 Å². The second kappa shape index (κ2) is 8.37. The summed E-state index contributed by atoms with van der Waals surface area (Å²) in [5.41, 5.74) is 3.47. The normalized spacial score (nSPS) is 15.1. The maximum absolute atomic E-state index is 13.0. The molecule has 0 bridgehead atoms. The van der Waals surface area contributed by atoms with Crippen molar-refractivity contribution in [3.8, 4) is 5.75 Å². The van der Waals surface area contributed by atoms with E-state index in [-0.39, 0.29) is 18.4 Å². The van der Waals surface area contributed by atoms with Crippen LogP contribution in [-0.2, 0) is 11.0 Å². The number of hydrogen-bond donors (Lipinski definition) is 1. The minimum Gasteiger partial charge on any atom is -0.482 e. The van der Waals surface area contributed by atoms with Crippen molar-refractivity contribution in [1.82, 2.24) is 4.90 Å². The zero-order chi connectivity index (χ0) is 23.9. The summed E-state index contributed by atoms with van der Waals surface area (Å²) in [5.74, 6) is 0.0236. The average Bonchev–Trinajstić information content (AvgIpc) is 2.80. The van der Waals surface area contributed by atoms with Crippen LogP contribution >= 0.6 is 0 Å². The van der Waals surface area contributed by atoms with Gasteiger partial charge in [0.25, 0.3) is 11.8 Å². The molecule has 5 nitrogen and oxygen atoms in total. The van der Waals surface area contributed by atoms with Crippen LogP contribution in [-0.4, -0.2) is 36.4 Å². The van der Waals surface area contributed by atoms with Gasteiger partial charge in [0.1, 0.15) is 5.75 Å². The molecule has 0 atom stereocenters. The first-order valence-corrected chi connectivity index (χ1v) is 10.6. The summed E-state index contributed by atoms with van der Waals surface area (Å²) in [5, 5.41) is 2.69. The van der Waals surface area contributed by atoms with Gasteiger partial charge in [-0.25, -0.2) is 0 Å². The summed E-state index contributed by atoms with van der Waals surface area (Å²) in [6.45, 7) is 0.640. The van der Waals surface area contributed by atoms with Crippen LogP contribution in [0.4, 0.5) is 18.9 Å². The van der Waals surface area contributed by atoms with E-state index in [1.54, 1.807) is 23.1 Å². The highest BCUT2D eigenvalue weighted by Gasteiger charge is 2.32. The predicted octanol–water partition coefficient (Wildman–Crippen LogP) is 4.99. The second-order valence-corrected chi connectivity index (χ2v) is 8.13. The standard InChI is InChI=1S/C26H19F3N2O3/c27-26(28,29)20-9-6-17(7-10-20)24(16-4-2-1-3-5-16)19-13-31(14-19)25(33)18-8-11-22-21(12-18)30-23(32)15-34-22/h1-12H,13-15H2,(H,30,32). The van der Waals surface area contributed by atoms with E-state index in [1.807, 2.05) is 30.3 Å². The number of ether oxygens (including phenoxy) is 1. The lowest BCUT2D eigenvalue weighted by Crippen LogP contribution is -2.45. The maximum Gasteiger partial charge on any atom is 0.416 e. The molecule has 5 rings (SSSR count). The van der Waals surface area contributed by atoms with Crippen LogP contribution in [0, 0.1) is 0 Å². The molecular weight excluding hydrogens is 445 g/mol. The first kappa shape index (κ1) is 21.8. The van der Waals surface area contributed by atoms with E-state index in [4.69, 9.17) is 4.74 Å². The van der Waals surface area contributed by atoms with Crippen LogP contribution in [0.1, 0.15) is 27.0 Å². The minimum absolute atomic E-state index is 0.0627. The summed E-state index contributed by atoms with van der Waals surface area (Å²) in [6, 6.07) is 19.4. The molecule has 3 aromatic carbocycles. The number of rotatable bonds is 3. The second-order valence-electron chi connectivity index (χ2n) is 8.13. The van der Waals surface area contributed by atoms with Crippen LogP contribution in [0.5, 0.6) is 5.75 Å². The van der Waals surface area contributed by atoms with Crippen molar-refractivity contribution in [2.75, 3.05) is 25.0 Å². The smallest absolute Gasteiger partial charge is 0.416 e. The molecule has 2 amide bonds. The van der Waals surface area contributed by atoms with E-state index >= 15 is 0 Å². The first-order chi connectivity index (χ1) is 16.3. The lowest BCUT2D eigenvalue weighted by Gasteiger charge is -2.36. The number of anilines is 1. The topological polar surface area (TPSA) is 58.6 Å². The Kier molecular flexibility index (Phi) is 5.36. The highest BCUT2D eigenvalue weighted by molar-refractivity contribution is 6.01. The minimum atomic E-state index is -4.41. The number of halogens is 3. The number of nitrogens with zero attached hydrogens (tertiary/aromatic N) is 1. The van der Waals surface area contributed by atoms with Gasteiger partial charge in [0.15, 0.2) is 6.61 Å². The molecule has 2 aliphatic heterocycles. The lowest BCUT2D eigenvalue weighted by molar-refractivity contribution is -0.137. The summed E-state index contributed by atoms with van der Waals surface area (Å²) < 4.78 is 44.4. The number of likely N-dealkylation sites (tertiary alicyclic amines) is 1. The van der Waals surface area contributed by atoms with E-state index < -0.39 is 11.7 Å². The highest BCUT2D eigenvalue weighted by Crippen LogP contribution is 2.36. The van der Waals surface area contributed by atoms with Crippen LogP contribution in [0.25, 0.3) is 5.57 Å². The fraction of sp³-hybridized carbons (Fsp3) is 0.154. The monoisotopic (exact) mass is 464 g/mol. The summed E-state index contributed by atoms with van der Waals surface area (Å²) >= 11 is 0. The summed E-state index contributed by atoms with van der Waals surface area (Å²) in [4.78, 5) is 26.2. The fourth-order valence-corrected chi connectivity index (χ4v) is 4.12. The Morgan fingerprint density at radius 2 is 1.53 bits per heavy atom. The molecule has 0 spiro atoms. The molecule has 1 fully saturated rings. The average molecular weight is 464 g/mol. The van der Waals surface area contributed by atoms with E-state index in [1.165, 1.54) is 12.1 Å². The molecule has 1 saturated heterocycles. The molecule has 2 heterocycles. The van der Waals surface area contributed by atoms with Gasteiger partial charge in [-0.3, -0.25) is 9.59 Å². The van der Waals surface area contributed by atoms with Crippen molar-refractivity contribution in [3.63, 3.8) is 0 Å². The Hall–Kier alpha value is -4.07. The van der Waals surface area contributed by atoms with Crippen LogP contribution in [0.15, 0.2) is 78.4 Å². The quantitative estimate of drug-likeness (QED) is 0.594. The first-order valence-electron chi connectivity index (χ1n) is 10.6. The van der Waals surface area contributed by atoms with E-state index in [9.17, 15) is 22.8 Å². The molecule has 0 unspecified atom stereocenters. The lowest BCUT2D eigenvalue weighted by atomic mass is 9.88. The van der Waals surface area contributed by atoms with Crippen molar-refractivity contribution in [2.24, 2.45) is 0 Å². The Bertz CT molecular complexity index is 1290. The molecule has 1 N–H and O–H groups in total. The summed E-state index contributed by atoms with van der Waals surface area (Å²) in [7, 11) is 0. The Balaban J connectivity index is 1.42. The van der Waals surface area contributed by atoms with Gasteiger partial charge in [-0.05, 0) is 52.6 Å². The number of carbonyl (C=O) groups excluding carboxylic acids is 2. The molecule has 2 aliphatic rings. The van der Waals surface area contributed by atoms with Crippen molar-refractivity contribution < 1.29 is 27.5 Å². The Labute approximate surface area is 193 Å². The Morgan fingerprint density at radius 3 is 2.21 bits per heavy atom. The van der Waals surface area contributed by atoms with E-state index in [0.717, 1.165) is 28.8 Å². The van der Waals surface area contributed by atoms with Gasteiger partial charge in [-0.1, -0.05) is 42.5 Å². The van der Waals surface area contributed by atoms with Crippen LogP contribution in [0.2, 0.25) is 0 Å². The molecule has 0 saturated carbocycles. The van der Waals surface area contributed by atoms with Crippen LogP contribution < -0.4 is 10.1 Å². The molecule has 0 aliphatic carbocycles. The maximum atomic E-state index is 13.0. The van der Waals surface area contributed by atoms with Crippen molar-refractivity contribution in [3.05, 3.63) is 101 Å². The molecule has 172 valence electrons. The van der Waals surface area contributed by atoms with Crippen LogP contribution in [0.3, 0.4) is 0 Å². The van der Waals surface area contributed by atoms with Gasteiger partial charge in [-0.15, -0.1) is 0 Å². The molecular formula is C26H19F3N2O3. The number of amides is 2. The van der Waals surface area contributed by atoms with Gasteiger partial charge >= 0.3 is 6.18 Å². The summed E-state index contributed by atoms with van der Waals surface area (Å²) in [6.07, 6.45) is -4.41. The third kappa shape index (κ3) is 4.14. The van der Waals surface area contributed by atoms with Gasteiger partial charge in [0.05, 0.1) is 11.3 Å². The van der Waals surface area contributed by atoms with Crippen molar-refractivity contribution >= 4 is 23.1 Å². The zero-order valence-electron chi connectivity index (χ0n) is 17.9. The van der Waals surface area contributed by atoms with Crippen molar-refractivity contribution in [1.29, 1.82) is 0 Å². The number of hydrogen-bond acceptors (Lipinski definition) is 3. The molecule has 0 radical (unpaired) electrons. The molecule has 8 heteroatoms. The third-order valence-electron chi connectivity index (χ3n) is 5.83. The number of alkyl halides is 3. The fourth-order valence-electron chi connectivity index (χ4n) is 4.12. The molecule has 0 aromatic heterocycles. The molecule has 3 aromatic rings. The number of nitrogens with one attached hydrogen (secondary N) is 1. The van der Waals surface area contributed by atoms with Gasteiger partial charge in [0.2, 0.25) is 0 Å². The largest absolute Gasteiger partial charge is 0.482 e. The van der Waals surface area contributed by atoms with Crippen molar-refractivity contribution in [2.45, 2.75) is 6.18 Å². The molecule has 34 heavy (non-hydrogen) atoms. The number of carbonyl (C=O) groups is 2. The van der Waals surface area contributed by atoms with Gasteiger partial charge in [-0.2, -0.15) is 13.2 Å². The van der Waals surface area contributed by atoms with E-state index in [0.29, 0.717) is 35.7 Å². The number of fused-ring (bicyclic) bond motifs is 1. The highest BCUT2D eigenvalue weighted by atomic mass is 19.4. The Morgan fingerprint density at radius 1 is 0.882 bits per heavy atom. The third-order valence-corrected chi connectivity index (χ3v) is 5.83.